The summed E-state index contributed by atoms with van der Waals surface area (Å²) in [5.41, 5.74) is 0.908. The number of aromatic nitrogens is 2. The van der Waals surface area contributed by atoms with Crippen molar-refractivity contribution in [2.75, 3.05) is 13.1 Å². The summed E-state index contributed by atoms with van der Waals surface area (Å²) < 4.78 is 8.59. The second-order valence-corrected chi connectivity index (χ2v) is 8.66. The van der Waals surface area contributed by atoms with Crippen LogP contribution in [0.15, 0.2) is 6.20 Å². The molecular weight excluding hydrogens is 405 g/mol. The standard InChI is InChI=1S/C17H28IN3O2/c1-12(2)21-11-14(15(18)19-21)10-13-6-8-20(9-7-13)16(22)23-17(3,4)5/h11-13H,6-10H2,1-5H3. The van der Waals surface area contributed by atoms with Crippen molar-refractivity contribution in [3.05, 3.63) is 15.5 Å². The topological polar surface area (TPSA) is 47.4 Å². The Bertz CT molecular complexity index is 541. The molecule has 0 aliphatic carbocycles. The van der Waals surface area contributed by atoms with E-state index in [2.05, 4.69) is 47.7 Å². The Hall–Kier alpha value is -0.790. The van der Waals surface area contributed by atoms with E-state index in [0.29, 0.717) is 12.0 Å². The number of likely N-dealkylation sites (tertiary alicyclic amines) is 1. The predicted molar refractivity (Wildman–Crippen MR) is 99.6 cm³/mol. The van der Waals surface area contributed by atoms with Crippen LogP contribution in [0, 0.1) is 9.62 Å². The molecule has 1 aliphatic rings. The zero-order valence-corrected chi connectivity index (χ0v) is 17.0. The van der Waals surface area contributed by atoms with Gasteiger partial charge in [-0.2, -0.15) is 5.10 Å². The van der Waals surface area contributed by atoms with E-state index < -0.39 is 5.60 Å². The third-order valence-electron chi connectivity index (χ3n) is 4.06. The molecule has 0 radical (unpaired) electrons. The maximum atomic E-state index is 12.1. The Kier molecular flexibility index (Phi) is 5.97. The van der Waals surface area contributed by atoms with Gasteiger partial charge in [0.1, 0.15) is 9.30 Å². The number of rotatable bonds is 3. The largest absolute Gasteiger partial charge is 0.444 e. The van der Waals surface area contributed by atoms with E-state index in [1.54, 1.807) is 0 Å². The van der Waals surface area contributed by atoms with Gasteiger partial charge in [0, 0.05) is 30.9 Å². The zero-order valence-electron chi connectivity index (χ0n) is 14.8. The van der Waals surface area contributed by atoms with Crippen molar-refractivity contribution in [1.82, 2.24) is 14.7 Å². The second-order valence-electron chi connectivity index (χ2n) is 7.63. The first-order valence-corrected chi connectivity index (χ1v) is 9.45. The fraction of sp³-hybridized carbons (Fsp3) is 0.765. The van der Waals surface area contributed by atoms with Gasteiger partial charge in [0.2, 0.25) is 0 Å². The van der Waals surface area contributed by atoms with Gasteiger partial charge in [0.05, 0.1) is 0 Å². The number of ether oxygens (including phenoxy) is 1. The van der Waals surface area contributed by atoms with Crippen LogP contribution < -0.4 is 0 Å². The van der Waals surface area contributed by atoms with Crippen LogP contribution in [0.25, 0.3) is 0 Å². The lowest BCUT2D eigenvalue weighted by molar-refractivity contribution is 0.0184. The highest BCUT2D eigenvalue weighted by molar-refractivity contribution is 14.1. The van der Waals surface area contributed by atoms with Gasteiger partial charge in [-0.1, -0.05) is 0 Å². The molecule has 0 aromatic carbocycles. The molecule has 0 spiro atoms. The summed E-state index contributed by atoms with van der Waals surface area (Å²) in [6.07, 6.45) is 5.10. The van der Waals surface area contributed by atoms with E-state index in [9.17, 15) is 4.79 Å². The summed E-state index contributed by atoms with van der Waals surface area (Å²) in [5.74, 6) is 0.618. The highest BCUT2D eigenvalue weighted by Gasteiger charge is 2.27. The monoisotopic (exact) mass is 433 g/mol. The Balaban J connectivity index is 1.86. The fourth-order valence-corrected chi connectivity index (χ4v) is 3.37. The van der Waals surface area contributed by atoms with Gasteiger partial charge in [-0.25, -0.2) is 4.79 Å². The molecule has 1 aromatic heterocycles. The zero-order chi connectivity index (χ0) is 17.2. The van der Waals surface area contributed by atoms with Crippen molar-refractivity contribution >= 4 is 28.7 Å². The van der Waals surface area contributed by atoms with Crippen molar-refractivity contribution in [2.24, 2.45) is 5.92 Å². The summed E-state index contributed by atoms with van der Waals surface area (Å²) >= 11 is 2.32. The van der Waals surface area contributed by atoms with Gasteiger partial charge >= 0.3 is 6.09 Å². The van der Waals surface area contributed by atoms with Crippen molar-refractivity contribution in [2.45, 2.75) is 65.5 Å². The molecule has 1 fully saturated rings. The van der Waals surface area contributed by atoms with Crippen LogP contribution in [-0.2, 0) is 11.2 Å². The van der Waals surface area contributed by atoms with Gasteiger partial charge in [0.25, 0.3) is 0 Å². The minimum absolute atomic E-state index is 0.182. The molecule has 5 nitrogen and oxygen atoms in total. The minimum atomic E-state index is -0.421. The second kappa shape index (κ2) is 7.40. The third-order valence-corrected chi connectivity index (χ3v) is 4.97. The maximum Gasteiger partial charge on any atom is 0.410 e. The lowest BCUT2D eigenvalue weighted by Gasteiger charge is -2.33. The fourth-order valence-electron chi connectivity index (χ4n) is 2.77. The first-order chi connectivity index (χ1) is 10.7. The van der Waals surface area contributed by atoms with Crippen LogP contribution >= 0.6 is 22.6 Å². The Labute approximate surface area is 152 Å². The molecule has 1 aliphatic heterocycles. The molecule has 0 N–H and O–H groups in total. The van der Waals surface area contributed by atoms with E-state index >= 15 is 0 Å². The molecule has 0 atom stereocenters. The van der Waals surface area contributed by atoms with Crippen molar-refractivity contribution < 1.29 is 9.53 Å². The molecule has 2 rings (SSSR count). The number of hydrogen-bond donors (Lipinski definition) is 0. The van der Waals surface area contributed by atoms with Crippen LogP contribution in [0.1, 0.15) is 59.1 Å². The number of piperidine rings is 1. The summed E-state index contributed by atoms with van der Waals surface area (Å²) in [5, 5.41) is 4.58. The van der Waals surface area contributed by atoms with E-state index in [1.807, 2.05) is 30.4 Å². The van der Waals surface area contributed by atoms with E-state index in [0.717, 1.165) is 36.1 Å². The van der Waals surface area contributed by atoms with Crippen molar-refractivity contribution in [3.63, 3.8) is 0 Å². The molecule has 6 heteroatoms. The SMILES string of the molecule is CC(C)n1cc(CC2CCN(C(=O)OC(C)(C)C)CC2)c(I)n1. The Morgan fingerprint density at radius 1 is 1.39 bits per heavy atom. The van der Waals surface area contributed by atoms with Crippen LogP contribution in [0.3, 0.4) is 0 Å². The summed E-state index contributed by atoms with van der Waals surface area (Å²) in [6, 6.07) is 0.395. The average Bonchev–Trinajstić information content (AvgIpc) is 2.79. The van der Waals surface area contributed by atoms with Gasteiger partial charge in [0.15, 0.2) is 0 Å². The van der Waals surface area contributed by atoms with E-state index in [4.69, 9.17) is 4.74 Å². The molecule has 1 aromatic rings. The smallest absolute Gasteiger partial charge is 0.410 e. The number of carbonyl (C=O) groups excluding carboxylic acids is 1. The van der Waals surface area contributed by atoms with Crippen LogP contribution in [0.4, 0.5) is 4.79 Å². The highest BCUT2D eigenvalue weighted by atomic mass is 127. The first kappa shape index (κ1) is 18.5. The summed E-state index contributed by atoms with van der Waals surface area (Å²) in [4.78, 5) is 13.9. The molecule has 0 bridgehead atoms. The maximum absolute atomic E-state index is 12.1. The van der Waals surface area contributed by atoms with Crippen LogP contribution in [0.2, 0.25) is 0 Å². The number of halogens is 1. The van der Waals surface area contributed by atoms with Gasteiger partial charge in [-0.15, -0.1) is 0 Å². The molecule has 1 amide bonds. The lowest BCUT2D eigenvalue weighted by atomic mass is 9.91. The summed E-state index contributed by atoms with van der Waals surface area (Å²) in [7, 11) is 0. The molecular formula is C17H28IN3O2. The minimum Gasteiger partial charge on any atom is -0.444 e. The number of amides is 1. The Morgan fingerprint density at radius 3 is 2.48 bits per heavy atom. The van der Waals surface area contributed by atoms with E-state index in [1.165, 1.54) is 5.56 Å². The van der Waals surface area contributed by atoms with Gasteiger partial charge < -0.3 is 9.64 Å². The highest BCUT2D eigenvalue weighted by Crippen LogP contribution is 2.25. The molecule has 1 saturated heterocycles. The number of carbonyl (C=O) groups is 1. The van der Waals surface area contributed by atoms with Crippen LogP contribution in [-0.4, -0.2) is 39.5 Å². The van der Waals surface area contributed by atoms with Crippen molar-refractivity contribution in [1.29, 1.82) is 0 Å². The molecule has 23 heavy (non-hydrogen) atoms. The number of hydrogen-bond acceptors (Lipinski definition) is 3. The van der Waals surface area contributed by atoms with Crippen LogP contribution in [0.5, 0.6) is 0 Å². The van der Waals surface area contributed by atoms with Crippen molar-refractivity contribution in [3.8, 4) is 0 Å². The Morgan fingerprint density at radius 2 is 2.00 bits per heavy atom. The molecule has 130 valence electrons. The van der Waals surface area contributed by atoms with Gasteiger partial charge in [-0.05, 0) is 82.4 Å². The predicted octanol–water partition coefficient (Wildman–Crippen LogP) is 4.26. The lowest BCUT2D eigenvalue weighted by Crippen LogP contribution is -2.42. The molecule has 0 saturated carbocycles. The molecule has 0 unspecified atom stereocenters. The first-order valence-electron chi connectivity index (χ1n) is 8.37. The number of nitrogens with zero attached hydrogens (tertiary/aromatic N) is 3. The third kappa shape index (κ3) is 5.36. The average molecular weight is 433 g/mol. The molecule has 2 heterocycles. The quantitative estimate of drug-likeness (QED) is 0.670. The van der Waals surface area contributed by atoms with E-state index in [-0.39, 0.29) is 6.09 Å². The van der Waals surface area contributed by atoms with Gasteiger partial charge in [-0.3, -0.25) is 4.68 Å². The summed E-state index contributed by atoms with van der Waals surface area (Å²) in [6.45, 7) is 11.6. The normalized spacial score (nSPS) is 16.9.